The lowest BCUT2D eigenvalue weighted by Gasteiger charge is -2.16. The maximum atomic E-state index is 14.6. The minimum absolute atomic E-state index is 0.105. The first-order chi connectivity index (χ1) is 13.8. The molecule has 3 N–H and O–H groups in total. The second kappa shape index (κ2) is 7.09. The molecule has 3 heterocycles. The van der Waals surface area contributed by atoms with Gasteiger partial charge in [-0.15, -0.1) is 0 Å². The molecule has 0 aliphatic heterocycles. The first kappa shape index (κ1) is 18.7. The highest BCUT2D eigenvalue weighted by molar-refractivity contribution is 7.92. The summed E-state index contributed by atoms with van der Waals surface area (Å²) in [5.74, 6) is -0.201. The van der Waals surface area contributed by atoms with Crippen LogP contribution < -0.4 is 10.0 Å². The van der Waals surface area contributed by atoms with Gasteiger partial charge in [-0.3, -0.25) is 4.72 Å². The molecule has 0 aliphatic carbocycles. The van der Waals surface area contributed by atoms with Crippen molar-refractivity contribution in [2.45, 2.75) is 6.92 Å². The van der Waals surface area contributed by atoms with Crippen molar-refractivity contribution in [1.82, 2.24) is 24.9 Å². The van der Waals surface area contributed by atoms with Crippen LogP contribution in [0.15, 0.2) is 43.1 Å². The average molecular weight is 413 g/mol. The van der Waals surface area contributed by atoms with Gasteiger partial charge < -0.3 is 10.3 Å². The lowest BCUT2D eigenvalue weighted by atomic mass is 10.1. The number of H-pyrrole nitrogens is 1. The number of nitrogens with zero attached hydrogens (tertiary/aromatic N) is 4. The molecule has 0 saturated carbocycles. The number of pyridine rings is 1. The number of rotatable bonds is 5. The van der Waals surface area contributed by atoms with Crippen LogP contribution in [0, 0.1) is 12.7 Å². The number of aromatic amines is 1. The zero-order valence-corrected chi connectivity index (χ0v) is 16.2. The van der Waals surface area contributed by atoms with E-state index in [0.29, 0.717) is 33.8 Å². The van der Waals surface area contributed by atoms with E-state index in [-0.39, 0.29) is 11.4 Å². The molecule has 0 fully saturated rings. The van der Waals surface area contributed by atoms with Crippen LogP contribution in [0.5, 0.6) is 0 Å². The third kappa shape index (κ3) is 3.72. The monoisotopic (exact) mass is 413 g/mol. The molecule has 1 aromatic carbocycles. The Balaban J connectivity index is 1.81. The predicted molar refractivity (Wildman–Crippen MR) is 108 cm³/mol. The molecule has 4 rings (SSSR count). The second-order valence-corrected chi connectivity index (χ2v) is 8.07. The van der Waals surface area contributed by atoms with E-state index >= 15 is 0 Å². The van der Waals surface area contributed by atoms with Crippen molar-refractivity contribution in [2.75, 3.05) is 16.3 Å². The summed E-state index contributed by atoms with van der Waals surface area (Å²) in [7, 11) is -3.52. The molecule has 0 saturated heterocycles. The first-order valence-electron chi connectivity index (χ1n) is 8.47. The number of sulfonamides is 1. The largest absolute Gasteiger partial charge is 0.341 e. The van der Waals surface area contributed by atoms with Crippen LogP contribution in [-0.2, 0) is 10.0 Å². The van der Waals surface area contributed by atoms with Gasteiger partial charge in [0, 0.05) is 11.8 Å². The van der Waals surface area contributed by atoms with E-state index in [1.54, 1.807) is 25.3 Å². The number of anilines is 3. The number of nitrogens with one attached hydrogen (secondary N) is 3. The highest BCUT2D eigenvalue weighted by Gasteiger charge is 2.17. The summed E-state index contributed by atoms with van der Waals surface area (Å²) in [6.45, 7) is 1.61. The molecule has 0 unspecified atom stereocenters. The topological polar surface area (TPSA) is 126 Å². The van der Waals surface area contributed by atoms with Crippen LogP contribution in [0.25, 0.3) is 22.4 Å². The molecule has 0 amide bonds. The highest BCUT2D eigenvalue weighted by atomic mass is 32.2. The third-order valence-electron chi connectivity index (χ3n) is 4.24. The first-order valence-corrected chi connectivity index (χ1v) is 10.4. The molecule has 29 heavy (non-hydrogen) atoms. The summed E-state index contributed by atoms with van der Waals surface area (Å²) in [5.41, 5.74) is 3.03. The van der Waals surface area contributed by atoms with Gasteiger partial charge in [0.15, 0.2) is 5.65 Å². The van der Waals surface area contributed by atoms with Gasteiger partial charge in [0.2, 0.25) is 10.0 Å². The predicted octanol–water partition coefficient (Wildman–Crippen LogP) is 2.98. The number of benzene rings is 1. The zero-order chi connectivity index (χ0) is 20.6. The van der Waals surface area contributed by atoms with Crippen molar-refractivity contribution in [2.24, 2.45) is 0 Å². The van der Waals surface area contributed by atoms with Crippen molar-refractivity contribution >= 4 is 38.4 Å². The molecule has 148 valence electrons. The molecule has 0 aliphatic rings. The molecule has 3 aromatic heterocycles. The van der Waals surface area contributed by atoms with Crippen molar-refractivity contribution in [3.63, 3.8) is 0 Å². The molecular formula is C18H16FN7O2S. The lowest BCUT2D eigenvalue weighted by molar-refractivity contribution is 0.606. The fourth-order valence-corrected chi connectivity index (χ4v) is 3.55. The molecule has 0 atom stereocenters. The summed E-state index contributed by atoms with van der Waals surface area (Å²) >= 11 is 0. The molecule has 9 nitrogen and oxygen atoms in total. The van der Waals surface area contributed by atoms with Crippen LogP contribution in [0.3, 0.4) is 0 Å². The van der Waals surface area contributed by atoms with E-state index in [4.69, 9.17) is 0 Å². The van der Waals surface area contributed by atoms with Crippen LogP contribution in [0.2, 0.25) is 0 Å². The SMILES string of the molecule is Cc1c(NS(C)(=O)=O)ccc(F)c1Nc1ncccc1-c1ncnc2nc[nH]c12. The molecule has 0 radical (unpaired) electrons. The van der Waals surface area contributed by atoms with Gasteiger partial charge in [-0.1, -0.05) is 0 Å². The van der Waals surface area contributed by atoms with E-state index in [9.17, 15) is 12.8 Å². The summed E-state index contributed by atoms with van der Waals surface area (Å²) in [4.78, 5) is 19.8. The normalized spacial score (nSPS) is 11.6. The Morgan fingerprint density at radius 3 is 2.72 bits per heavy atom. The number of hydrogen-bond acceptors (Lipinski definition) is 7. The highest BCUT2D eigenvalue weighted by Crippen LogP contribution is 2.34. The summed E-state index contributed by atoms with van der Waals surface area (Å²) in [6, 6.07) is 6.07. The lowest BCUT2D eigenvalue weighted by Crippen LogP contribution is -2.12. The number of imidazole rings is 1. The molecule has 0 spiro atoms. The summed E-state index contributed by atoms with van der Waals surface area (Å²) in [5, 5.41) is 2.97. The van der Waals surface area contributed by atoms with Crippen molar-refractivity contribution in [3.05, 3.63) is 54.5 Å². The van der Waals surface area contributed by atoms with Crippen LogP contribution in [0.1, 0.15) is 5.56 Å². The van der Waals surface area contributed by atoms with E-state index in [2.05, 4.69) is 35.0 Å². The van der Waals surface area contributed by atoms with Gasteiger partial charge in [-0.25, -0.2) is 32.7 Å². The minimum Gasteiger partial charge on any atom is -0.341 e. The van der Waals surface area contributed by atoms with Gasteiger partial charge >= 0.3 is 0 Å². The quantitative estimate of drug-likeness (QED) is 0.459. The van der Waals surface area contributed by atoms with E-state index in [1.165, 1.54) is 24.8 Å². The molecule has 11 heteroatoms. The van der Waals surface area contributed by atoms with Crippen LogP contribution >= 0.6 is 0 Å². The van der Waals surface area contributed by atoms with Gasteiger partial charge in [0.1, 0.15) is 29.2 Å². The van der Waals surface area contributed by atoms with Crippen LogP contribution in [0.4, 0.5) is 21.6 Å². The molecule has 0 bridgehead atoms. The maximum absolute atomic E-state index is 14.6. The Bertz CT molecular complexity index is 1320. The van der Waals surface area contributed by atoms with E-state index in [1.807, 2.05) is 0 Å². The smallest absolute Gasteiger partial charge is 0.229 e. The van der Waals surface area contributed by atoms with Gasteiger partial charge in [0.05, 0.1) is 24.0 Å². The van der Waals surface area contributed by atoms with E-state index < -0.39 is 15.8 Å². The van der Waals surface area contributed by atoms with E-state index in [0.717, 1.165) is 6.26 Å². The minimum atomic E-state index is -3.52. The zero-order valence-electron chi connectivity index (χ0n) is 15.4. The third-order valence-corrected chi connectivity index (χ3v) is 4.83. The fraction of sp³-hybridized carbons (Fsp3) is 0.111. The number of fused-ring (bicyclic) bond motifs is 1. The Hall–Kier alpha value is -3.60. The van der Waals surface area contributed by atoms with Gasteiger partial charge in [0.25, 0.3) is 0 Å². The maximum Gasteiger partial charge on any atom is 0.229 e. The number of hydrogen-bond donors (Lipinski definition) is 3. The number of aromatic nitrogens is 5. The fourth-order valence-electron chi connectivity index (χ4n) is 2.93. The summed E-state index contributed by atoms with van der Waals surface area (Å²) < 4.78 is 40.1. The van der Waals surface area contributed by atoms with Crippen molar-refractivity contribution < 1.29 is 12.8 Å². The number of halogens is 1. The second-order valence-electron chi connectivity index (χ2n) is 6.32. The van der Waals surface area contributed by atoms with Crippen LogP contribution in [-0.4, -0.2) is 39.6 Å². The summed E-state index contributed by atoms with van der Waals surface area (Å²) in [6.07, 6.45) is 5.49. The molecular weight excluding hydrogens is 397 g/mol. The Morgan fingerprint density at radius 2 is 1.93 bits per heavy atom. The van der Waals surface area contributed by atoms with Crippen molar-refractivity contribution in [3.8, 4) is 11.3 Å². The molecule has 4 aromatic rings. The average Bonchev–Trinajstić information content (AvgIpc) is 3.16. The Labute approximate surface area is 165 Å². The van der Waals surface area contributed by atoms with Gasteiger partial charge in [-0.05, 0) is 36.8 Å². The Kier molecular flexibility index (Phi) is 4.59. The van der Waals surface area contributed by atoms with Crippen molar-refractivity contribution in [1.29, 1.82) is 0 Å². The van der Waals surface area contributed by atoms with Gasteiger partial charge in [-0.2, -0.15) is 0 Å². The standard InChI is InChI=1S/C18H16FN7O2S/c1-10-13(26-29(2,27)28)6-5-12(19)14(10)25-17-11(4-3-7-20-17)15-16-18(23-8-21-15)24-9-22-16/h3-9,26H,1-2H3,(H,20,25)(H,21,22,23,24). The Morgan fingerprint density at radius 1 is 1.10 bits per heavy atom.